The number of nitrogens with zero attached hydrogens (tertiary/aromatic N) is 1. The van der Waals surface area contributed by atoms with Gasteiger partial charge in [-0.1, -0.05) is 6.42 Å². The fraction of sp³-hybridized carbons (Fsp3) is 0.643. The van der Waals surface area contributed by atoms with Gasteiger partial charge in [-0.3, -0.25) is 4.79 Å². The fourth-order valence-electron chi connectivity index (χ4n) is 2.48. The highest BCUT2D eigenvalue weighted by Gasteiger charge is 2.20. The quantitative estimate of drug-likeness (QED) is 0.804. The van der Waals surface area contributed by atoms with Crippen molar-refractivity contribution >= 4 is 17.2 Å². The summed E-state index contributed by atoms with van der Waals surface area (Å²) in [4.78, 5) is 15.9. The highest BCUT2D eigenvalue weighted by atomic mass is 32.1. The fourth-order valence-corrected chi connectivity index (χ4v) is 3.71. The Morgan fingerprint density at radius 2 is 1.84 bits per heavy atom. The van der Waals surface area contributed by atoms with Crippen molar-refractivity contribution < 1.29 is 15.0 Å². The number of fused-ring (bicyclic) bond motifs is 1. The Morgan fingerprint density at radius 3 is 2.53 bits per heavy atom. The summed E-state index contributed by atoms with van der Waals surface area (Å²) in [6, 6.07) is 2.01. The number of aliphatic hydroxyl groups is 2. The van der Waals surface area contributed by atoms with E-state index in [4.69, 9.17) is 10.2 Å². The van der Waals surface area contributed by atoms with E-state index in [9.17, 15) is 4.79 Å². The van der Waals surface area contributed by atoms with E-state index in [1.54, 1.807) is 11.3 Å². The smallest absolute Gasteiger partial charge is 0.264 e. The maximum atomic E-state index is 12.3. The van der Waals surface area contributed by atoms with Crippen LogP contribution < -0.4 is 0 Å². The molecule has 1 aromatic heterocycles. The summed E-state index contributed by atoms with van der Waals surface area (Å²) >= 11 is 1.58. The van der Waals surface area contributed by atoms with Crippen LogP contribution in [-0.4, -0.2) is 47.3 Å². The average Bonchev–Trinajstić information content (AvgIpc) is 2.69. The first-order valence-electron chi connectivity index (χ1n) is 6.89. The maximum absolute atomic E-state index is 12.3. The highest BCUT2D eigenvalue weighted by Crippen LogP contribution is 2.29. The molecule has 0 bridgehead atoms. The molecule has 0 radical (unpaired) electrons. The first-order valence-corrected chi connectivity index (χ1v) is 7.70. The summed E-state index contributed by atoms with van der Waals surface area (Å²) in [7, 11) is 0. The number of carbonyl (C=O) groups is 1. The van der Waals surface area contributed by atoms with Gasteiger partial charge < -0.3 is 15.1 Å². The molecule has 106 valence electrons. The lowest BCUT2D eigenvalue weighted by Gasteiger charge is -2.19. The third kappa shape index (κ3) is 3.55. The minimum absolute atomic E-state index is 0.0684. The van der Waals surface area contributed by atoms with Crippen molar-refractivity contribution in [1.29, 1.82) is 0 Å². The summed E-state index contributed by atoms with van der Waals surface area (Å²) < 4.78 is 0. The number of carbonyl (C=O) groups excluding carboxylic acids is 1. The molecule has 1 heterocycles. The molecular formula is C14H21NO3S. The zero-order valence-electron chi connectivity index (χ0n) is 11.1. The van der Waals surface area contributed by atoms with Gasteiger partial charge in [0.25, 0.3) is 5.91 Å². The summed E-state index contributed by atoms with van der Waals surface area (Å²) in [5, 5.41) is 18.0. The molecule has 1 amide bonds. The van der Waals surface area contributed by atoms with Crippen molar-refractivity contribution in [3.8, 4) is 0 Å². The number of hydrogen-bond acceptors (Lipinski definition) is 4. The van der Waals surface area contributed by atoms with Gasteiger partial charge in [0.1, 0.15) is 0 Å². The molecule has 0 saturated heterocycles. The first kappa shape index (κ1) is 14.5. The van der Waals surface area contributed by atoms with Crippen LogP contribution in [0.5, 0.6) is 0 Å². The number of aryl methyl sites for hydroxylation is 2. The Balaban J connectivity index is 2.14. The van der Waals surface area contributed by atoms with Gasteiger partial charge in [-0.25, -0.2) is 0 Å². The van der Waals surface area contributed by atoms with Gasteiger partial charge >= 0.3 is 0 Å². The lowest BCUT2D eigenvalue weighted by molar-refractivity contribution is 0.0689. The van der Waals surface area contributed by atoms with Crippen molar-refractivity contribution in [2.75, 3.05) is 26.3 Å². The van der Waals surface area contributed by atoms with Crippen LogP contribution in [0.4, 0.5) is 0 Å². The minimum Gasteiger partial charge on any atom is -0.395 e. The van der Waals surface area contributed by atoms with Crippen LogP contribution in [0.25, 0.3) is 0 Å². The summed E-state index contributed by atoms with van der Waals surface area (Å²) in [6.45, 7) is 0.414. The van der Waals surface area contributed by atoms with E-state index in [-0.39, 0.29) is 32.2 Å². The number of hydrogen-bond donors (Lipinski definition) is 2. The Morgan fingerprint density at radius 1 is 1.16 bits per heavy atom. The van der Waals surface area contributed by atoms with Crippen LogP contribution in [0.3, 0.4) is 0 Å². The van der Waals surface area contributed by atoms with Gasteiger partial charge in [0.15, 0.2) is 0 Å². The maximum Gasteiger partial charge on any atom is 0.264 e. The zero-order chi connectivity index (χ0) is 13.7. The Bertz CT molecular complexity index is 401. The van der Waals surface area contributed by atoms with Crippen LogP contribution in [0, 0.1) is 0 Å². The second-order valence-corrected chi connectivity index (χ2v) is 6.00. The van der Waals surface area contributed by atoms with E-state index in [1.165, 1.54) is 34.6 Å². The molecule has 1 aliphatic rings. The normalized spacial score (nSPS) is 14.8. The molecule has 1 aromatic rings. The molecule has 5 heteroatoms. The SMILES string of the molecule is O=C(c1cc2c(s1)CCCCC2)N(CCO)CCO. The number of amides is 1. The van der Waals surface area contributed by atoms with Crippen LogP contribution in [0.1, 0.15) is 39.4 Å². The number of rotatable bonds is 5. The molecule has 1 aliphatic carbocycles. The van der Waals surface area contributed by atoms with Crippen molar-refractivity contribution in [3.05, 3.63) is 21.4 Å². The van der Waals surface area contributed by atoms with E-state index in [0.29, 0.717) is 0 Å². The average molecular weight is 283 g/mol. The number of aliphatic hydroxyl groups excluding tert-OH is 2. The predicted octanol–water partition coefficient (Wildman–Crippen LogP) is 1.44. The summed E-state index contributed by atoms with van der Waals surface area (Å²) in [6.07, 6.45) is 5.82. The molecule has 0 saturated carbocycles. The number of thiophene rings is 1. The minimum atomic E-state index is -0.0726. The van der Waals surface area contributed by atoms with E-state index in [2.05, 4.69) is 0 Å². The Hall–Kier alpha value is -0.910. The van der Waals surface area contributed by atoms with Gasteiger partial charge in [-0.2, -0.15) is 0 Å². The topological polar surface area (TPSA) is 60.8 Å². The monoisotopic (exact) mass is 283 g/mol. The summed E-state index contributed by atoms with van der Waals surface area (Å²) in [5.74, 6) is -0.0684. The van der Waals surface area contributed by atoms with Crippen molar-refractivity contribution in [2.24, 2.45) is 0 Å². The van der Waals surface area contributed by atoms with Gasteiger partial charge in [-0.15, -0.1) is 11.3 Å². The van der Waals surface area contributed by atoms with E-state index >= 15 is 0 Å². The molecule has 0 spiro atoms. The third-order valence-corrected chi connectivity index (χ3v) is 4.71. The van der Waals surface area contributed by atoms with Crippen molar-refractivity contribution in [1.82, 2.24) is 4.90 Å². The van der Waals surface area contributed by atoms with E-state index < -0.39 is 0 Å². The molecule has 2 N–H and O–H groups in total. The highest BCUT2D eigenvalue weighted by molar-refractivity contribution is 7.14. The largest absolute Gasteiger partial charge is 0.395 e. The zero-order valence-corrected chi connectivity index (χ0v) is 11.9. The molecule has 2 rings (SSSR count). The lowest BCUT2D eigenvalue weighted by Crippen LogP contribution is -2.35. The molecular weight excluding hydrogens is 262 g/mol. The summed E-state index contributed by atoms with van der Waals surface area (Å²) in [5.41, 5.74) is 1.32. The molecule has 0 aliphatic heterocycles. The third-order valence-electron chi connectivity index (χ3n) is 3.48. The molecule has 19 heavy (non-hydrogen) atoms. The van der Waals surface area contributed by atoms with Crippen molar-refractivity contribution in [2.45, 2.75) is 32.1 Å². The van der Waals surface area contributed by atoms with Gasteiger partial charge in [0, 0.05) is 18.0 Å². The predicted molar refractivity (Wildman–Crippen MR) is 75.7 cm³/mol. The van der Waals surface area contributed by atoms with E-state index in [0.717, 1.165) is 17.7 Å². The van der Waals surface area contributed by atoms with Crippen LogP contribution in [-0.2, 0) is 12.8 Å². The second kappa shape index (κ2) is 7.03. The first-order chi connectivity index (χ1) is 9.26. The molecule has 4 nitrogen and oxygen atoms in total. The van der Waals surface area contributed by atoms with Gasteiger partial charge in [0.05, 0.1) is 18.1 Å². The Kier molecular flexibility index (Phi) is 5.36. The van der Waals surface area contributed by atoms with Crippen LogP contribution >= 0.6 is 11.3 Å². The van der Waals surface area contributed by atoms with E-state index in [1.807, 2.05) is 6.07 Å². The molecule has 0 unspecified atom stereocenters. The lowest BCUT2D eigenvalue weighted by atomic mass is 10.1. The second-order valence-electron chi connectivity index (χ2n) is 4.86. The molecule has 0 fully saturated rings. The van der Waals surface area contributed by atoms with Gasteiger partial charge in [-0.05, 0) is 37.3 Å². The molecule has 0 atom stereocenters. The molecule has 0 aromatic carbocycles. The van der Waals surface area contributed by atoms with Gasteiger partial charge in [0.2, 0.25) is 0 Å². The van der Waals surface area contributed by atoms with Crippen molar-refractivity contribution in [3.63, 3.8) is 0 Å². The van der Waals surface area contributed by atoms with Crippen LogP contribution in [0.2, 0.25) is 0 Å². The Labute approximate surface area is 117 Å². The standard InChI is InChI=1S/C14H21NO3S/c16-8-6-15(7-9-17)14(18)13-10-11-4-2-1-3-5-12(11)19-13/h10,16-17H,1-9H2. The van der Waals surface area contributed by atoms with Crippen LogP contribution in [0.15, 0.2) is 6.07 Å².